The lowest BCUT2D eigenvalue weighted by molar-refractivity contribution is 0.102. The summed E-state index contributed by atoms with van der Waals surface area (Å²) in [6.07, 6.45) is 4.27. The molecule has 0 aromatic heterocycles. The molecule has 4 unspecified atom stereocenters. The number of hydrogen-bond acceptors (Lipinski definition) is 5. The zero-order valence-electron chi connectivity index (χ0n) is 19.4. The fourth-order valence-corrected chi connectivity index (χ4v) is 6.51. The zero-order valence-corrected chi connectivity index (χ0v) is 20.2. The quantitative estimate of drug-likeness (QED) is 0.505. The van der Waals surface area contributed by atoms with E-state index in [0.29, 0.717) is 28.8 Å². The van der Waals surface area contributed by atoms with Gasteiger partial charge in [-0.2, -0.15) is 0 Å². The molecule has 2 bridgehead atoms. The predicted molar refractivity (Wildman–Crippen MR) is 130 cm³/mol. The number of sulfonamides is 1. The van der Waals surface area contributed by atoms with E-state index in [1.54, 1.807) is 43.3 Å². The Hall–Kier alpha value is -2.91. The molecular weight excluding hydrogens is 454 g/mol. The van der Waals surface area contributed by atoms with Crippen LogP contribution in [-0.2, 0) is 14.8 Å². The van der Waals surface area contributed by atoms with E-state index in [9.17, 15) is 18.0 Å². The van der Waals surface area contributed by atoms with Gasteiger partial charge in [-0.05, 0) is 99.4 Å². The van der Waals surface area contributed by atoms with Crippen LogP contribution >= 0.6 is 0 Å². The largest absolute Gasteiger partial charge is 0.450 e. The van der Waals surface area contributed by atoms with Gasteiger partial charge in [-0.25, -0.2) is 17.9 Å². The minimum Gasteiger partial charge on any atom is -0.450 e. The average Bonchev–Trinajstić information content (AvgIpc) is 3.44. The van der Waals surface area contributed by atoms with Crippen molar-refractivity contribution in [1.82, 2.24) is 4.72 Å². The maximum Gasteiger partial charge on any atom is 0.411 e. The summed E-state index contributed by atoms with van der Waals surface area (Å²) in [5.74, 6) is 1.46. The van der Waals surface area contributed by atoms with Crippen LogP contribution in [0.25, 0.3) is 0 Å². The predicted octanol–water partition coefficient (Wildman–Crippen LogP) is 4.61. The highest BCUT2D eigenvalue weighted by molar-refractivity contribution is 7.89. The molecule has 34 heavy (non-hydrogen) atoms. The van der Waals surface area contributed by atoms with Crippen LogP contribution < -0.4 is 15.4 Å². The van der Waals surface area contributed by atoms with E-state index in [1.165, 1.54) is 31.4 Å². The number of rotatable bonds is 8. The molecular formula is C25H31N3O5S. The summed E-state index contributed by atoms with van der Waals surface area (Å²) >= 11 is 0. The summed E-state index contributed by atoms with van der Waals surface area (Å²) in [5.41, 5.74) is 1.39. The molecule has 2 aliphatic carbocycles. The summed E-state index contributed by atoms with van der Waals surface area (Å²) in [7, 11) is -3.64. The van der Waals surface area contributed by atoms with Crippen molar-refractivity contribution in [3.05, 3.63) is 54.1 Å². The molecule has 2 saturated carbocycles. The minimum absolute atomic E-state index is 0.0963. The van der Waals surface area contributed by atoms with Crippen molar-refractivity contribution in [2.75, 3.05) is 17.2 Å². The molecule has 182 valence electrons. The number of nitrogens with one attached hydrogen (secondary N) is 3. The number of fused-ring (bicyclic) bond motifs is 2. The number of hydrogen-bond donors (Lipinski definition) is 3. The third-order valence-corrected chi connectivity index (χ3v) is 8.44. The lowest BCUT2D eigenvalue weighted by Crippen LogP contribution is -2.40. The second-order valence-electron chi connectivity index (χ2n) is 9.15. The molecule has 0 spiro atoms. The molecule has 0 heterocycles. The van der Waals surface area contributed by atoms with E-state index in [-0.39, 0.29) is 23.5 Å². The second-order valence-corrected chi connectivity index (χ2v) is 10.9. The Kier molecular flexibility index (Phi) is 7.23. The van der Waals surface area contributed by atoms with Gasteiger partial charge >= 0.3 is 6.09 Å². The van der Waals surface area contributed by atoms with Crippen LogP contribution in [-0.4, -0.2) is 33.1 Å². The van der Waals surface area contributed by atoms with Crippen molar-refractivity contribution in [2.45, 2.75) is 50.5 Å². The Bertz CT molecular complexity index is 1130. The smallest absolute Gasteiger partial charge is 0.411 e. The molecule has 0 saturated heterocycles. The summed E-state index contributed by atoms with van der Waals surface area (Å²) in [5, 5.41) is 5.32. The van der Waals surface area contributed by atoms with Crippen molar-refractivity contribution in [2.24, 2.45) is 17.8 Å². The maximum atomic E-state index is 12.9. The first-order chi connectivity index (χ1) is 16.2. The summed E-state index contributed by atoms with van der Waals surface area (Å²) in [4.78, 5) is 24.2. The van der Waals surface area contributed by atoms with Crippen LogP contribution in [0.4, 0.5) is 16.2 Å². The molecule has 2 aromatic rings. The first-order valence-electron chi connectivity index (χ1n) is 11.7. The van der Waals surface area contributed by atoms with Crippen molar-refractivity contribution >= 4 is 33.4 Å². The van der Waals surface area contributed by atoms with Crippen LogP contribution in [0.2, 0.25) is 0 Å². The van der Waals surface area contributed by atoms with Crippen LogP contribution in [0.15, 0.2) is 53.4 Å². The van der Waals surface area contributed by atoms with Gasteiger partial charge in [0.05, 0.1) is 11.5 Å². The molecule has 4 rings (SSSR count). The van der Waals surface area contributed by atoms with Crippen molar-refractivity contribution in [1.29, 1.82) is 0 Å². The Balaban J connectivity index is 1.33. The maximum absolute atomic E-state index is 12.9. The Labute approximate surface area is 200 Å². The van der Waals surface area contributed by atoms with Crippen LogP contribution in [0.1, 0.15) is 49.9 Å². The molecule has 3 N–H and O–H groups in total. The fourth-order valence-electron chi connectivity index (χ4n) is 5.22. The SMILES string of the molecule is CCOC(=O)Nc1ccc(C(=O)Nc2ccc(S(=O)(=O)NC(C)C3CC4CCC3C4)cc2)cc1. The molecule has 2 amide bonds. The summed E-state index contributed by atoms with van der Waals surface area (Å²) in [6.45, 7) is 3.94. The first kappa shape index (κ1) is 24.2. The molecule has 2 aromatic carbocycles. The highest BCUT2D eigenvalue weighted by Crippen LogP contribution is 2.49. The molecule has 9 heteroatoms. The summed E-state index contributed by atoms with van der Waals surface area (Å²) < 4.78 is 33.4. The van der Waals surface area contributed by atoms with Gasteiger partial charge in [0.1, 0.15) is 0 Å². The van der Waals surface area contributed by atoms with Gasteiger partial charge in [-0.15, -0.1) is 0 Å². The van der Waals surface area contributed by atoms with Gasteiger partial charge in [-0.3, -0.25) is 10.1 Å². The van der Waals surface area contributed by atoms with Crippen molar-refractivity contribution in [3.8, 4) is 0 Å². The Morgan fingerprint density at radius 1 is 0.971 bits per heavy atom. The minimum atomic E-state index is -3.64. The van der Waals surface area contributed by atoms with E-state index in [0.717, 1.165) is 12.3 Å². The molecule has 4 atom stereocenters. The molecule has 2 fully saturated rings. The van der Waals surface area contributed by atoms with Crippen molar-refractivity contribution in [3.63, 3.8) is 0 Å². The number of amides is 2. The van der Waals surface area contributed by atoms with Crippen LogP contribution in [0.3, 0.4) is 0 Å². The third-order valence-electron chi connectivity index (χ3n) is 6.87. The van der Waals surface area contributed by atoms with Gasteiger partial charge in [0.15, 0.2) is 0 Å². The highest BCUT2D eigenvalue weighted by Gasteiger charge is 2.42. The number of anilines is 2. The average molecular weight is 486 g/mol. The van der Waals surface area contributed by atoms with Crippen LogP contribution in [0, 0.1) is 17.8 Å². The molecule has 8 nitrogen and oxygen atoms in total. The molecule has 2 aliphatic rings. The lowest BCUT2D eigenvalue weighted by atomic mass is 9.84. The zero-order chi connectivity index (χ0) is 24.3. The second kappa shape index (κ2) is 10.1. The fraction of sp³-hybridized carbons (Fsp3) is 0.440. The number of ether oxygens (including phenoxy) is 1. The number of benzene rings is 2. The van der Waals surface area contributed by atoms with Crippen molar-refractivity contribution < 1.29 is 22.7 Å². The molecule has 0 aliphatic heterocycles. The van der Waals surface area contributed by atoms with Gasteiger partial charge < -0.3 is 10.1 Å². The Morgan fingerprint density at radius 2 is 1.62 bits per heavy atom. The first-order valence-corrected chi connectivity index (χ1v) is 13.2. The van der Waals surface area contributed by atoms with E-state index in [4.69, 9.17) is 4.74 Å². The van der Waals surface area contributed by atoms with Gasteiger partial charge in [0.2, 0.25) is 10.0 Å². The summed E-state index contributed by atoms with van der Waals surface area (Å²) in [6, 6.07) is 12.4. The van der Waals surface area contributed by atoms with Gasteiger partial charge in [0, 0.05) is 23.0 Å². The van der Waals surface area contributed by atoms with Crippen LogP contribution in [0.5, 0.6) is 0 Å². The monoisotopic (exact) mass is 485 g/mol. The van der Waals surface area contributed by atoms with E-state index < -0.39 is 16.1 Å². The lowest BCUT2D eigenvalue weighted by Gasteiger charge is -2.28. The topological polar surface area (TPSA) is 114 Å². The third kappa shape index (κ3) is 5.59. The molecule has 0 radical (unpaired) electrons. The Morgan fingerprint density at radius 3 is 2.21 bits per heavy atom. The number of carbonyl (C=O) groups is 2. The van der Waals surface area contributed by atoms with Gasteiger partial charge in [0.25, 0.3) is 5.91 Å². The standard InChI is InChI=1S/C25H31N3O5S/c1-3-33-25(30)27-21-8-6-18(7-9-21)24(29)26-20-10-12-22(13-11-20)34(31,32)28-16(2)23-15-17-4-5-19(23)14-17/h6-13,16-17,19,23,28H,3-5,14-15H2,1-2H3,(H,26,29)(H,27,30). The van der Waals surface area contributed by atoms with E-state index >= 15 is 0 Å². The normalized spacial score (nSPS) is 22.2. The van der Waals surface area contributed by atoms with Gasteiger partial charge in [-0.1, -0.05) is 6.42 Å². The van der Waals surface area contributed by atoms with E-state index in [2.05, 4.69) is 15.4 Å². The highest BCUT2D eigenvalue weighted by atomic mass is 32.2. The van der Waals surface area contributed by atoms with E-state index in [1.807, 2.05) is 6.92 Å². The number of carbonyl (C=O) groups excluding carboxylic acids is 2.